The molecule has 0 bridgehead atoms. The largest absolute Gasteiger partial charge is 0.491 e. The molecule has 0 saturated heterocycles. The Balaban J connectivity index is 2.04. The molecule has 0 aliphatic heterocycles. The minimum absolute atomic E-state index is 0.382. The number of hydrogen-bond acceptors (Lipinski definition) is 2. The summed E-state index contributed by atoms with van der Waals surface area (Å²) < 4.78 is 5.62. The Hall–Kier alpha value is -0.730. The number of rotatable bonds is 3. The third kappa shape index (κ3) is 2.33. The first kappa shape index (κ1) is 11.7. The van der Waals surface area contributed by atoms with Gasteiger partial charge in [-0.3, -0.25) is 0 Å². The fourth-order valence-electron chi connectivity index (χ4n) is 1.94. The number of benzene rings is 1. The summed E-state index contributed by atoms with van der Waals surface area (Å²) in [5.74, 6) is 0.791. The van der Waals surface area contributed by atoms with Crippen LogP contribution in [-0.4, -0.2) is 17.3 Å². The summed E-state index contributed by atoms with van der Waals surface area (Å²) in [6.45, 7) is 4.30. The highest BCUT2D eigenvalue weighted by atomic mass is 35.5. The Kier molecular flexibility index (Phi) is 3.13. The van der Waals surface area contributed by atoms with Crippen LogP contribution in [0.5, 0.6) is 5.75 Å². The molecular weight excluding hydrogens is 224 g/mol. The van der Waals surface area contributed by atoms with Gasteiger partial charge in [0.1, 0.15) is 12.4 Å². The second-order valence-corrected chi connectivity index (χ2v) is 5.12. The summed E-state index contributed by atoms with van der Waals surface area (Å²) in [6, 6.07) is 3.83. The van der Waals surface area contributed by atoms with Crippen LogP contribution in [0.1, 0.15) is 30.4 Å². The van der Waals surface area contributed by atoms with Crippen molar-refractivity contribution in [1.82, 2.24) is 0 Å². The van der Waals surface area contributed by atoms with Gasteiger partial charge < -0.3 is 9.84 Å². The van der Waals surface area contributed by atoms with Gasteiger partial charge in [-0.25, -0.2) is 0 Å². The van der Waals surface area contributed by atoms with E-state index in [1.807, 2.05) is 26.0 Å². The lowest BCUT2D eigenvalue weighted by Crippen LogP contribution is -2.42. The van der Waals surface area contributed by atoms with Crippen LogP contribution in [0.25, 0.3) is 0 Å². The van der Waals surface area contributed by atoms with Crippen molar-refractivity contribution < 1.29 is 9.84 Å². The molecule has 0 unspecified atom stereocenters. The first-order valence-electron chi connectivity index (χ1n) is 5.62. The molecule has 1 fully saturated rings. The number of aliphatic hydroxyl groups is 1. The molecule has 1 saturated carbocycles. The molecular formula is C13H17ClO2. The molecule has 0 amide bonds. The van der Waals surface area contributed by atoms with Crippen LogP contribution in [0.3, 0.4) is 0 Å². The fourth-order valence-corrected chi connectivity index (χ4v) is 2.05. The van der Waals surface area contributed by atoms with E-state index in [1.165, 1.54) is 0 Å². The van der Waals surface area contributed by atoms with E-state index in [1.54, 1.807) is 0 Å². The molecule has 0 spiro atoms. The zero-order valence-electron chi connectivity index (χ0n) is 9.72. The molecule has 1 aliphatic carbocycles. The zero-order chi connectivity index (χ0) is 11.8. The maximum Gasteiger partial charge on any atom is 0.120 e. The molecule has 0 radical (unpaired) electrons. The highest BCUT2D eigenvalue weighted by Crippen LogP contribution is 2.33. The average molecular weight is 241 g/mol. The third-order valence-electron chi connectivity index (χ3n) is 3.20. The molecule has 2 rings (SSSR count). The quantitative estimate of drug-likeness (QED) is 0.879. The van der Waals surface area contributed by atoms with Gasteiger partial charge in [-0.15, -0.1) is 0 Å². The van der Waals surface area contributed by atoms with E-state index in [2.05, 4.69) is 0 Å². The van der Waals surface area contributed by atoms with Crippen LogP contribution >= 0.6 is 11.6 Å². The van der Waals surface area contributed by atoms with Gasteiger partial charge in [0, 0.05) is 5.02 Å². The normalized spacial score (nSPS) is 18.0. The van der Waals surface area contributed by atoms with Crippen LogP contribution in [0.2, 0.25) is 5.02 Å². The van der Waals surface area contributed by atoms with Crippen LogP contribution < -0.4 is 4.74 Å². The highest BCUT2D eigenvalue weighted by molar-refractivity contribution is 6.32. The van der Waals surface area contributed by atoms with Crippen molar-refractivity contribution in [2.75, 3.05) is 6.61 Å². The summed E-state index contributed by atoms with van der Waals surface area (Å²) in [5.41, 5.74) is 1.43. The van der Waals surface area contributed by atoms with Gasteiger partial charge in [-0.05, 0) is 56.4 Å². The van der Waals surface area contributed by atoms with Crippen molar-refractivity contribution >= 4 is 11.6 Å². The van der Waals surface area contributed by atoms with Crippen molar-refractivity contribution in [3.05, 3.63) is 28.3 Å². The van der Waals surface area contributed by atoms with E-state index in [9.17, 15) is 5.11 Å². The van der Waals surface area contributed by atoms with E-state index < -0.39 is 5.60 Å². The van der Waals surface area contributed by atoms with Gasteiger partial charge in [0.15, 0.2) is 0 Å². The Bertz CT molecular complexity index is 374. The molecule has 3 heteroatoms. The topological polar surface area (TPSA) is 29.5 Å². The van der Waals surface area contributed by atoms with Gasteiger partial charge in [-0.1, -0.05) is 11.6 Å². The summed E-state index contributed by atoms with van der Waals surface area (Å²) >= 11 is 6.07. The van der Waals surface area contributed by atoms with Crippen molar-refractivity contribution in [3.8, 4) is 5.75 Å². The first-order valence-corrected chi connectivity index (χ1v) is 6.00. The summed E-state index contributed by atoms with van der Waals surface area (Å²) in [5, 5.41) is 10.7. The standard InChI is InChI=1S/C13H17ClO2/c1-9-6-11(7-10(2)12(9)14)16-8-13(15)4-3-5-13/h6-7,15H,3-5,8H2,1-2H3. The van der Waals surface area contributed by atoms with Crippen LogP contribution in [-0.2, 0) is 0 Å². The molecule has 0 aromatic heterocycles. The maximum atomic E-state index is 9.91. The number of ether oxygens (including phenoxy) is 1. The van der Waals surface area contributed by atoms with Gasteiger partial charge in [0.25, 0.3) is 0 Å². The second kappa shape index (κ2) is 4.27. The van der Waals surface area contributed by atoms with Crippen molar-refractivity contribution in [2.45, 2.75) is 38.7 Å². The molecule has 0 atom stereocenters. The predicted molar refractivity (Wildman–Crippen MR) is 65.2 cm³/mol. The van der Waals surface area contributed by atoms with E-state index in [-0.39, 0.29) is 0 Å². The van der Waals surface area contributed by atoms with Gasteiger partial charge >= 0.3 is 0 Å². The number of halogens is 1. The summed E-state index contributed by atoms with van der Waals surface area (Å²) in [7, 11) is 0. The molecule has 16 heavy (non-hydrogen) atoms. The Morgan fingerprint density at radius 1 is 1.31 bits per heavy atom. The first-order chi connectivity index (χ1) is 7.50. The average Bonchev–Trinajstić information content (AvgIpc) is 2.20. The molecule has 1 aromatic rings. The van der Waals surface area contributed by atoms with Crippen LogP contribution in [0.4, 0.5) is 0 Å². The summed E-state index contributed by atoms with van der Waals surface area (Å²) in [4.78, 5) is 0. The smallest absolute Gasteiger partial charge is 0.120 e. The minimum Gasteiger partial charge on any atom is -0.491 e. The van der Waals surface area contributed by atoms with Gasteiger partial charge in [-0.2, -0.15) is 0 Å². The van der Waals surface area contributed by atoms with E-state index in [0.717, 1.165) is 41.2 Å². The van der Waals surface area contributed by atoms with Crippen LogP contribution in [0.15, 0.2) is 12.1 Å². The lowest BCUT2D eigenvalue weighted by atomic mass is 9.81. The molecule has 1 aliphatic rings. The Morgan fingerprint density at radius 3 is 2.31 bits per heavy atom. The Morgan fingerprint density at radius 2 is 1.88 bits per heavy atom. The lowest BCUT2D eigenvalue weighted by Gasteiger charge is -2.36. The lowest BCUT2D eigenvalue weighted by molar-refractivity contribution is -0.0663. The SMILES string of the molecule is Cc1cc(OCC2(O)CCC2)cc(C)c1Cl. The van der Waals surface area contributed by atoms with Crippen molar-refractivity contribution in [1.29, 1.82) is 0 Å². The third-order valence-corrected chi connectivity index (χ3v) is 3.80. The molecule has 1 aromatic carbocycles. The highest BCUT2D eigenvalue weighted by Gasteiger charge is 2.35. The molecule has 1 N–H and O–H groups in total. The molecule has 2 nitrogen and oxygen atoms in total. The molecule has 0 heterocycles. The fraction of sp³-hybridized carbons (Fsp3) is 0.538. The molecule has 88 valence electrons. The predicted octanol–water partition coefficient (Wildman–Crippen LogP) is 3.25. The Labute approximate surface area is 101 Å². The monoisotopic (exact) mass is 240 g/mol. The maximum absolute atomic E-state index is 9.91. The van der Waals surface area contributed by atoms with E-state index >= 15 is 0 Å². The van der Waals surface area contributed by atoms with Crippen LogP contribution in [0, 0.1) is 13.8 Å². The zero-order valence-corrected chi connectivity index (χ0v) is 10.5. The second-order valence-electron chi connectivity index (χ2n) is 4.74. The number of hydrogen-bond donors (Lipinski definition) is 1. The van der Waals surface area contributed by atoms with Crippen molar-refractivity contribution in [3.63, 3.8) is 0 Å². The van der Waals surface area contributed by atoms with E-state index in [0.29, 0.717) is 6.61 Å². The van der Waals surface area contributed by atoms with E-state index in [4.69, 9.17) is 16.3 Å². The van der Waals surface area contributed by atoms with Crippen molar-refractivity contribution in [2.24, 2.45) is 0 Å². The van der Waals surface area contributed by atoms with Gasteiger partial charge in [0.05, 0.1) is 5.60 Å². The minimum atomic E-state index is -0.596. The number of aryl methyl sites for hydroxylation is 2. The summed E-state index contributed by atoms with van der Waals surface area (Å²) in [6.07, 6.45) is 2.79. The van der Waals surface area contributed by atoms with Gasteiger partial charge in [0.2, 0.25) is 0 Å².